The summed E-state index contributed by atoms with van der Waals surface area (Å²) in [4.78, 5) is 3.98. The number of anilines is 1. The van der Waals surface area contributed by atoms with Crippen molar-refractivity contribution in [3.63, 3.8) is 0 Å². The van der Waals surface area contributed by atoms with E-state index in [-0.39, 0.29) is 0 Å². The van der Waals surface area contributed by atoms with Gasteiger partial charge in [0.25, 0.3) is 0 Å². The predicted molar refractivity (Wildman–Crippen MR) is 40.2 cm³/mol. The molecule has 0 amide bonds. The van der Waals surface area contributed by atoms with Crippen LogP contribution >= 0.6 is 0 Å². The van der Waals surface area contributed by atoms with Crippen molar-refractivity contribution in [3.05, 3.63) is 12.0 Å². The van der Waals surface area contributed by atoms with Crippen LogP contribution in [0.2, 0.25) is 0 Å². The fraction of sp³-hybridized carbons (Fsp3) is 0.286. The van der Waals surface area contributed by atoms with Gasteiger partial charge in [0.05, 0.1) is 18.6 Å². The maximum absolute atomic E-state index is 5.59. The van der Waals surface area contributed by atoms with E-state index in [1.54, 1.807) is 10.9 Å². The lowest BCUT2D eigenvalue weighted by atomic mass is 10.5. The van der Waals surface area contributed by atoms with Crippen molar-refractivity contribution < 1.29 is 0 Å². The van der Waals surface area contributed by atoms with Crippen LogP contribution < -0.4 is 5.73 Å². The zero-order valence-corrected chi connectivity index (χ0v) is 5.83. The number of nitrogen functional groups attached to an aromatic ring is 1. The highest BCUT2D eigenvalue weighted by molar-refractivity contribution is 5.34. The molecule has 1 rings (SSSR count). The lowest BCUT2D eigenvalue weighted by Crippen LogP contribution is -2.00. The van der Waals surface area contributed by atoms with Gasteiger partial charge in [-0.1, -0.05) is 5.92 Å². The number of rotatable bonds is 1. The molecule has 0 aliphatic carbocycles. The summed E-state index contributed by atoms with van der Waals surface area (Å²) in [6.45, 7) is 2.34. The van der Waals surface area contributed by atoms with Gasteiger partial charge in [-0.05, 0) is 6.92 Å². The Bertz CT molecular complexity index is 267. The number of hydrogen-bond acceptors (Lipinski definition) is 2. The fourth-order valence-corrected chi connectivity index (χ4v) is 0.717. The summed E-state index contributed by atoms with van der Waals surface area (Å²) >= 11 is 0. The zero-order chi connectivity index (χ0) is 7.56. The van der Waals surface area contributed by atoms with Gasteiger partial charge in [0.1, 0.15) is 5.82 Å². The van der Waals surface area contributed by atoms with Gasteiger partial charge < -0.3 is 10.3 Å². The topological polar surface area (TPSA) is 43.8 Å². The molecule has 0 radical (unpaired) electrons. The summed E-state index contributed by atoms with van der Waals surface area (Å²) in [6.07, 6.45) is 6.73. The van der Waals surface area contributed by atoms with Gasteiger partial charge in [0, 0.05) is 0 Å². The second-order valence-corrected chi connectivity index (χ2v) is 2.05. The van der Waals surface area contributed by atoms with Crippen LogP contribution in [0, 0.1) is 19.3 Å². The van der Waals surface area contributed by atoms with Gasteiger partial charge in [-0.25, -0.2) is 4.98 Å². The molecule has 3 nitrogen and oxygen atoms in total. The number of terminal acetylenes is 1. The van der Waals surface area contributed by atoms with Crippen LogP contribution in [0.4, 0.5) is 5.82 Å². The first kappa shape index (κ1) is 6.69. The van der Waals surface area contributed by atoms with Crippen molar-refractivity contribution in [2.45, 2.75) is 13.5 Å². The molecule has 0 aliphatic heterocycles. The molecule has 3 heteroatoms. The van der Waals surface area contributed by atoms with Crippen LogP contribution in [0.5, 0.6) is 0 Å². The number of aryl methyl sites for hydroxylation is 1. The van der Waals surface area contributed by atoms with Gasteiger partial charge in [-0.15, -0.1) is 6.42 Å². The molecule has 0 aliphatic rings. The van der Waals surface area contributed by atoms with E-state index in [1.165, 1.54) is 0 Å². The minimum absolute atomic E-state index is 0.493. The quantitative estimate of drug-likeness (QED) is 0.567. The van der Waals surface area contributed by atoms with Crippen LogP contribution in [-0.4, -0.2) is 9.55 Å². The number of imidazole rings is 1. The molecule has 0 unspecified atom stereocenters. The fourth-order valence-electron chi connectivity index (χ4n) is 0.717. The Balaban J connectivity index is 2.96. The third-order valence-corrected chi connectivity index (χ3v) is 1.33. The molecule has 1 aromatic heterocycles. The Hall–Kier alpha value is -1.43. The highest BCUT2D eigenvalue weighted by atomic mass is 15.1. The van der Waals surface area contributed by atoms with Crippen molar-refractivity contribution in [1.29, 1.82) is 0 Å². The van der Waals surface area contributed by atoms with E-state index in [9.17, 15) is 0 Å². The molecule has 2 N–H and O–H groups in total. The number of nitrogens with zero attached hydrogens (tertiary/aromatic N) is 2. The van der Waals surface area contributed by atoms with E-state index in [0.717, 1.165) is 5.69 Å². The van der Waals surface area contributed by atoms with E-state index in [4.69, 9.17) is 12.2 Å². The summed E-state index contributed by atoms with van der Waals surface area (Å²) in [7, 11) is 0. The lowest BCUT2D eigenvalue weighted by Gasteiger charge is -1.96. The molecule has 10 heavy (non-hydrogen) atoms. The van der Waals surface area contributed by atoms with E-state index >= 15 is 0 Å². The van der Waals surface area contributed by atoms with Gasteiger partial charge in [0.2, 0.25) is 0 Å². The second-order valence-electron chi connectivity index (χ2n) is 2.05. The molecule has 0 saturated heterocycles. The summed E-state index contributed by atoms with van der Waals surface area (Å²) < 4.78 is 1.73. The first-order valence-corrected chi connectivity index (χ1v) is 2.96. The van der Waals surface area contributed by atoms with Gasteiger partial charge in [0.15, 0.2) is 0 Å². The Morgan fingerprint density at radius 1 is 1.90 bits per heavy atom. The van der Waals surface area contributed by atoms with Crippen LogP contribution in [-0.2, 0) is 6.54 Å². The van der Waals surface area contributed by atoms with Gasteiger partial charge >= 0.3 is 0 Å². The van der Waals surface area contributed by atoms with Crippen molar-refractivity contribution in [1.82, 2.24) is 9.55 Å². The summed E-state index contributed by atoms with van der Waals surface area (Å²) in [6, 6.07) is 0. The number of aromatic nitrogens is 2. The standard InChI is InChI=1S/C7H9N3/c1-3-4-10-5-9-6(2)7(10)8/h1,5H,4,8H2,2H3. The minimum atomic E-state index is 0.493. The molecule has 0 atom stereocenters. The first-order chi connectivity index (χ1) is 4.75. The molecule has 52 valence electrons. The van der Waals surface area contributed by atoms with Gasteiger partial charge in [-0.3, -0.25) is 0 Å². The molecule has 0 spiro atoms. The van der Waals surface area contributed by atoms with E-state index < -0.39 is 0 Å². The lowest BCUT2D eigenvalue weighted by molar-refractivity contribution is 0.851. The summed E-state index contributed by atoms with van der Waals surface area (Å²) in [5.74, 6) is 3.13. The summed E-state index contributed by atoms with van der Waals surface area (Å²) in [5.41, 5.74) is 6.42. The average molecular weight is 135 g/mol. The average Bonchev–Trinajstić information content (AvgIpc) is 2.20. The summed E-state index contributed by atoms with van der Waals surface area (Å²) in [5, 5.41) is 0. The number of hydrogen-bond donors (Lipinski definition) is 1. The molecule has 0 saturated carbocycles. The smallest absolute Gasteiger partial charge is 0.127 e. The largest absolute Gasteiger partial charge is 0.384 e. The molecular formula is C7H9N3. The molecule has 1 aromatic rings. The minimum Gasteiger partial charge on any atom is -0.384 e. The van der Waals surface area contributed by atoms with Crippen molar-refractivity contribution in [3.8, 4) is 12.3 Å². The van der Waals surface area contributed by atoms with E-state index in [0.29, 0.717) is 12.4 Å². The molecule has 0 bridgehead atoms. The highest BCUT2D eigenvalue weighted by Crippen LogP contribution is 2.06. The van der Waals surface area contributed by atoms with Crippen molar-refractivity contribution >= 4 is 5.82 Å². The molecule has 0 fully saturated rings. The third kappa shape index (κ3) is 0.960. The highest BCUT2D eigenvalue weighted by Gasteiger charge is 1.99. The van der Waals surface area contributed by atoms with Crippen LogP contribution in [0.1, 0.15) is 5.69 Å². The maximum atomic E-state index is 5.59. The molecule has 0 aromatic carbocycles. The van der Waals surface area contributed by atoms with Crippen LogP contribution in [0.3, 0.4) is 0 Å². The van der Waals surface area contributed by atoms with Crippen molar-refractivity contribution in [2.24, 2.45) is 0 Å². The molecule has 1 heterocycles. The predicted octanol–water partition coefficient (Wildman–Crippen LogP) is 0.407. The van der Waals surface area contributed by atoms with Crippen LogP contribution in [0.25, 0.3) is 0 Å². The Labute approximate surface area is 59.9 Å². The third-order valence-electron chi connectivity index (χ3n) is 1.33. The number of nitrogens with two attached hydrogens (primary N) is 1. The Morgan fingerprint density at radius 2 is 2.60 bits per heavy atom. The monoisotopic (exact) mass is 135 g/mol. The molecular weight excluding hydrogens is 126 g/mol. The Kier molecular flexibility index (Phi) is 1.63. The zero-order valence-electron chi connectivity index (χ0n) is 5.83. The van der Waals surface area contributed by atoms with Crippen LogP contribution in [0.15, 0.2) is 6.33 Å². The van der Waals surface area contributed by atoms with E-state index in [1.807, 2.05) is 6.92 Å². The first-order valence-electron chi connectivity index (χ1n) is 2.96. The SMILES string of the molecule is C#CCn1cnc(C)c1N. The Morgan fingerprint density at radius 3 is 3.00 bits per heavy atom. The second kappa shape index (κ2) is 2.44. The van der Waals surface area contributed by atoms with Crippen molar-refractivity contribution in [2.75, 3.05) is 5.73 Å². The maximum Gasteiger partial charge on any atom is 0.127 e. The van der Waals surface area contributed by atoms with Gasteiger partial charge in [-0.2, -0.15) is 0 Å². The van der Waals surface area contributed by atoms with E-state index in [2.05, 4.69) is 10.9 Å². The normalized spacial score (nSPS) is 9.20.